The molecular weight excluding hydrogens is 287 g/mol. The summed E-state index contributed by atoms with van der Waals surface area (Å²) < 4.78 is 1.21. The summed E-state index contributed by atoms with van der Waals surface area (Å²) in [5.74, 6) is 0. The van der Waals surface area contributed by atoms with Gasteiger partial charge in [-0.15, -0.1) is 0 Å². The standard InChI is InChI=1S/C11H9IN2/c12-9-1-2-10-8(3-5-13)4-6-14-11(10)7-9/h1-3,7,14H,4,6H2/b8-3+. The van der Waals surface area contributed by atoms with Gasteiger partial charge in [-0.25, -0.2) is 0 Å². The van der Waals surface area contributed by atoms with Gasteiger partial charge in [-0.05, 0) is 46.7 Å². The van der Waals surface area contributed by atoms with Gasteiger partial charge in [0.2, 0.25) is 0 Å². The third-order valence-corrected chi connectivity index (χ3v) is 2.95. The zero-order chi connectivity index (χ0) is 9.97. The Bertz CT molecular complexity index is 429. The summed E-state index contributed by atoms with van der Waals surface area (Å²) >= 11 is 2.29. The Labute approximate surface area is 96.8 Å². The van der Waals surface area contributed by atoms with E-state index in [2.05, 4.69) is 52.2 Å². The van der Waals surface area contributed by atoms with Crippen molar-refractivity contribution in [1.82, 2.24) is 0 Å². The van der Waals surface area contributed by atoms with E-state index in [1.165, 1.54) is 9.13 Å². The van der Waals surface area contributed by atoms with E-state index in [0.29, 0.717) is 0 Å². The molecule has 0 bridgehead atoms. The average Bonchev–Trinajstić information content (AvgIpc) is 2.18. The SMILES string of the molecule is N#C/C=C1\CCNc2cc(I)ccc21. The molecule has 1 aliphatic rings. The first kappa shape index (κ1) is 9.53. The molecule has 0 spiro atoms. The fraction of sp³-hybridized carbons (Fsp3) is 0.182. The van der Waals surface area contributed by atoms with Gasteiger partial charge in [0, 0.05) is 27.4 Å². The van der Waals surface area contributed by atoms with Crippen LogP contribution in [0.2, 0.25) is 0 Å². The molecule has 0 unspecified atom stereocenters. The molecule has 2 rings (SSSR count). The van der Waals surface area contributed by atoms with Crippen LogP contribution in [0.4, 0.5) is 5.69 Å². The van der Waals surface area contributed by atoms with Gasteiger partial charge in [0.1, 0.15) is 0 Å². The number of hydrogen-bond acceptors (Lipinski definition) is 2. The first-order chi connectivity index (χ1) is 6.81. The first-order valence-electron chi connectivity index (χ1n) is 4.44. The van der Waals surface area contributed by atoms with Crippen molar-refractivity contribution in [3.05, 3.63) is 33.4 Å². The van der Waals surface area contributed by atoms with Crippen molar-refractivity contribution in [3.8, 4) is 6.07 Å². The second kappa shape index (κ2) is 4.01. The lowest BCUT2D eigenvalue weighted by molar-refractivity contribution is 1.05. The number of rotatable bonds is 0. The third kappa shape index (κ3) is 1.75. The Morgan fingerprint density at radius 2 is 2.36 bits per heavy atom. The highest BCUT2D eigenvalue weighted by Gasteiger charge is 2.12. The van der Waals surface area contributed by atoms with E-state index in [-0.39, 0.29) is 0 Å². The van der Waals surface area contributed by atoms with Gasteiger partial charge in [-0.2, -0.15) is 5.26 Å². The molecule has 0 radical (unpaired) electrons. The molecule has 1 aromatic rings. The molecule has 1 aliphatic heterocycles. The number of hydrogen-bond donors (Lipinski definition) is 1. The fourth-order valence-electron chi connectivity index (χ4n) is 1.64. The number of nitrogens with one attached hydrogen (secondary N) is 1. The van der Waals surface area contributed by atoms with Crippen molar-refractivity contribution < 1.29 is 0 Å². The summed E-state index contributed by atoms with van der Waals surface area (Å²) in [4.78, 5) is 0. The molecule has 0 saturated heterocycles. The molecule has 0 aromatic heterocycles. The number of allylic oxidation sites excluding steroid dienone is 1. The Hall–Kier alpha value is -1.02. The minimum atomic E-state index is 0.917. The number of nitriles is 1. The van der Waals surface area contributed by atoms with Crippen molar-refractivity contribution in [1.29, 1.82) is 5.26 Å². The predicted molar refractivity (Wildman–Crippen MR) is 65.9 cm³/mol. The van der Waals surface area contributed by atoms with E-state index in [1.54, 1.807) is 6.08 Å². The Kier molecular flexibility index (Phi) is 2.73. The zero-order valence-corrected chi connectivity index (χ0v) is 9.71. The highest BCUT2D eigenvalue weighted by molar-refractivity contribution is 14.1. The fourth-order valence-corrected chi connectivity index (χ4v) is 2.13. The second-order valence-corrected chi connectivity index (χ2v) is 4.41. The van der Waals surface area contributed by atoms with E-state index in [0.717, 1.165) is 24.2 Å². The Balaban J connectivity index is 2.51. The lowest BCUT2D eigenvalue weighted by atomic mass is 9.97. The molecule has 1 aromatic carbocycles. The molecule has 1 N–H and O–H groups in total. The van der Waals surface area contributed by atoms with Crippen molar-refractivity contribution in [3.63, 3.8) is 0 Å². The summed E-state index contributed by atoms with van der Waals surface area (Å²) in [5.41, 5.74) is 3.44. The lowest BCUT2D eigenvalue weighted by Gasteiger charge is -2.20. The van der Waals surface area contributed by atoms with Gasteiger partial charge in [-0.3, -0.25) is 0 Å². The molecule has 0 amide bonds. The number of nitrogens with zero attached hydrogens (tertiary/aromatic N) is 1. The quantitative estimate of drug-likeness (QED) is 0.590. The van der Waals surface area contributed by atoms with Crippen LogP contribution in [0.1, 0.15) is 12.0 Å². The highest BCUT2D eigenvalue weighted by Crippen LogP contribution is 2.31. The minimum absolute atomic E-state index is 0.917. The molecule has 0 fully saturated rings. The maximum absolute atomic E-state index is 8.65. The number of anilines is 1. The number of benzene rings is 1. The van der Waals surface area contributed by atoms with Crippen LogP contribution in [0, 0.1) is 14.9 Å². The molecular formula is C11H9IN2. The van der Waals surface area contributed by atoms with Crippen LogP contribution in [0.5, 0.6) is 0 Å². The van der Waals surface area contributed by atoms with Crippen molar-refractivity contribution in [2.24, 2.45) is 0 Å². The smallest absolute Gasteiger partial charge is 0.0915 e. The maximum Gasteiger partial charge on any atom is 0.0915 e. The lowest BCUT2D eigenvalue weighted by Crippen LogP contribution is -2.11. The summed E-state index contributed by atoms with van der Waals surface area (Å²) in [5, 5.41) is 12.0. The van der Waals surface area contributed by atoms with Crippen LogP contribution in [0.15, 0.2) is 24.3 Å². The van der Waals surface area contributed by atoms with Crippen LogP contribution in [0.3, 0.4) is 0 Å². The van der Waals surface area contributed by atoms with Crippen LogP contribution >= 0.6 is 22.6 Å². The monoisotopic (exact) mass is 296 g/mol. The van der Waals surface area contributed by atoms with E-state index in [1.807, 2.05) is 0 Å². The topological polar surface area (TPSA) is 35.8 Å². The van der Waals surface area contributed by atoms with E-state index in [9.17, 15) is 0 Å². The Morgan fingerprint density at radius 1 is 1.50 bits per heavy atom. The minimum Gasteiger partial charge on any atom is -0.384 e. The third-order valence-electron chi connectivity index (χ3n) is 2.28. The normalized spacial score (nSPS) is 17.0. The van der Waals surface area contributed by atoms with Gasteiger partial charge >= 0.3 is 0 Å². The van der Waals surface area contributed by atoms with Crippen LogP contribution in [-0.4, -0.2) is 6.54 Å². The molecule has 2 nitrogen and oxygen atoms in total. The van der Waals surface area contributed by atoms with E-state index < -0.39 is 0 Å². The van der Waals surface area contributed by atoms with Crippen LogP contribution < -0.4 is 5.32 Å². The largest absolute Gasteiger partial charge is 0.384 e. The Morgan fingerprint density at radius 3 is 3.14 bits per heavy atom. The summed E-state index contributed by atoms with van der Waals surface area (Å²) in [7, 11) is 0. The zero-order valence-electron chi connectivity index (χ0n) is 7.55. The average molecular weight is 296 g/mol. The highest BCUT2D eigenvalue weighted by atomic mass is 127. The molecule has 0 saturated carbocycles. The summed E-state index contributed by atoms with van der Waals surface area (Å²) in [6, 6.07) is 8.36. The van der Waals surface area contributed by atoms with E-state index in [4.69, 9.17) is 5.26 Å². The molecule has 70 valence electrons. The van der Waals surface area contributed by atoms with E-state index >= 15 is 0 Å². The molecule has 14 heavy (non-hydrogen) atoms. The van der Waals surface area contributed by atoms with Gasteiger partial charge in [0.25, 0.3) is 0 Å². The van der Waals surface area contributed by atoms with Crippen molar-refractivity contribution in [2.75, 3.05) is 11.9 Å². The van der Waals surface area contributed by atoms with Crippen LogP contribution in [0.25, 0.3) is 5.57 Å². The van der Waals surface area contributed by atoms with Gasteiger partial charge < -0.3 is 5.32 Å². The number of halogens is 1. The molecule has 0 atom stereocenters. The van der Waals surface area contributed by atoms with Crippen molar-refractivity contribution >= 4 is 33.9 Å². The second-order valence-electron chi connectivity index (χ2n) is 3.17. The van der Waals surface area contributed by atoms with Gasteiger partial charge in [0.15, 0.2) is 0 Å². The molecule has 1 heterocycles. The molecule has 3 heteroatoms. The van der Waals surface area contributed by atoms with Crippen molar-refractivity contribution in [2.45, 2.75) is 6.42 Å². The van der Waals surface area contributed by atoms with Gasteiger partial charge in [0.05, 0.1) is 6.07 Å². The summed E-state index contributed by atoms with van der Waals surface area (Å²) in [6.07, 6.45) is 2.58. The summed E-state index contributed by atoms with van der Waals surface area (Å²) in [6.45, 7) is 0.917. The predicted octanol–water partition coefficient (Wildman–Crippen LogP) is 3.01. The van der Waals surface area contributed by atoms with Gasteiger partial charge in [-0.1, -0.05) is 6.07 Å². The first-order valence-corrected chi connectivity index (χ1v) is 5.51. The van der Waals surface area contributed by atoms with Crippen LogP contribution in [-0.2, 0) is 0 Å². The number of fused-ring (bicyclic) bond motifs is 1. The molecule has 0 aliphatic carbocycles. The maximum atomic E-state index is 8.65.